The molecule has 4 nitrogen and oxygen atoms in total. The second kappa shape index (κ2) is 3.81. The first-order valence-corrected chi connectivity index (χ1v) is 5.39. The molecule has 0 aliphatic heterocycles. The lowest BCUT2D eigenvalue weighted by Gasteiger charge is -2.03. The van der Waals surface area contributed by atoms with Gasteiger partial charge in [-0.3, -0.25) is 4.55 Å². The van der Waals surface area contributed by atoms with Crippen LogP contribution in [0.4, 0.5) is 5.69 Å². The number of nitrogen functional groups attached to an aromatic ring is 1. The van der Waals surface area contributed by atoms with Gasteiger partial charge in [0.05, 0.1) is 0 Å². The highest BCUT2D eigenvalue weighted by Gasteiger charge is 2.13. The van der Waals surface area contributed by atoms with Crippen molar-refractivity contribution < 1.29 is 13.0 Å². The molecule has 0 bridgehead atoms. The number of nitrogens with two attached hydrogens (primary N) is 1. The lowest BCUT2D eigenvalue weighted by atomic mass is 10.2. The number of allylic oxidation sites excluding steroid dienone is 1. The van der Waals surface area contributed by atoms with Crippen LogP contribution in [-0.4, -0.2) is 13.0 Å². The average Bonchev–Trinajstić information content (AvgIpc) is 2.07. The fraction of sp³-hybridized carbons (Fsp3) is 0.111. The molecule has 0 fully saturated rings. The van der Waals surface area contributed by atoms with E-state index >= 15 is 0 Å². The van der Waals surface area contributed by atoms with Crippen molar-refractivity contribution in [2.75, 3.05) is 5.73 Å². The van der Waals surface area contributed by atoms with Gasteiger partial charge < -0.3 is 5.73 Å². The second-order valence-corrected chi connectivity index (χ2v) is 4.16. The number of hydrogen-bond acceptors (Lipinski definition) is 3. The third-order valence-electron chi connectivity index (χ3n) is 1.66. The molecule has 14 heavy (non-hydrogen) atoms. The topological polar surface area (TPSA) is 80.4 Å². The lowest BCUT2D eigenvalue weighted by Crippen LogP contribution is -2.02. The van der Waals surface area contributed by atoms with E-state index in [1.54, 1.807) is 31.2 Å². The van der Waals surface area contributed by atoms with Crippen molar-refractivity contribution in [3.8, 4) is 0 Å². The van der Waals surface area contributed by atoms with Gasteiger partial charge in [0.1, 0.15) is 4.90 Å². The van der Waals surface area contributed by atoms with Gasteiger partial charge in [-0.05, 0) is 24.6 Å². The van der Waals surface area contributed by atoms with Crippen LogP contribution in [0, 0.1) is 0 Å². The summed E-state index contributed by atoms with van der Waals surface area (Å²) >= 11 is 0. The van der Waals surface area contributed by atoms with Gasteiger partial charge in [0.15, 0.2) is 0 Å². The van der Waals surface area contributed by atoms with Crippen LogP contribution in [0.25, 0.3) is 6.08 Å². The van der Waals surface area contributed by atoms with E-state index < -0.39 is 10.1 Å². The molecule has 0 amide bonds. The first-order chi connectivity index (χ1) is 6.45. The van der Waals surface area contributed by atoms with Crippen molar-refractivity contribution >= 4 is 21.9 Å². The van der Waals surface area contributed by atoms with Crippen molar-refractivity contribution in [3.63, 3.8) is 0 Å². The molecule has 1 aromatic carbocycles. The highest BCUT2D eigenvalue weighted by Crippen LogP contribution is 2.20. The van der Waals surface area contributed by atoms with Crippen molar-refractivity contribution in [1.82, 2.24) is 0 Å². The summed E-state index contributed by atoms with van der Waals surface area (Å²) in [6.45, 7) is 1.75. The Kier molecular flexibility index (Phi) is 2.93. The molecule has 0 aliphatic carbocycles. The van der Waals surface area contributed by atoms with Crippen LogP contribution in [-0.2, 0) is 10.1 Å². The number of benzene rings is 1. The zero-order chi connectivity index (χ0) is 10.8. The Hall–Kier alpha value is -1.33. The molecule has 0 saturated carbocycles. The fourth-order valence-corrected chi connectivity index (χ4v) is 1.81. The van der Waals surface area contributed by atoms with E-state index in [2.05, 4.69) is 0 Å². The van der Waals surface area contributed by atoms with Gasteiger partial charge in [0.2, 0.25) is 0 Å². The minimum Gasteiger partial charge on any atom is -0.399 e. The second-order valence-electron chi connectivity index (χ2n) is 2.77. The predicted octanol–water partition coefficient (Wildman–Crippen LogP) is 1.55. The highest BCUT2D eigenvalue weighted by molar-refractivity contribution is 7.86. The Balaban J connectivity index is 3.45. The molecule has 1 rings (SSSR count). The molecular weight excluding hydrogens is 202 g/mol. The quantitative estimate of drug-likeness (QED) is 0.577. The summed E-state index contributed by atoms with van der Waals surface area (Å²) in [4.78, 5) is -0.171. The standard InChI is InChI=1S/C9H11NO3S/c1-2-3-7-4-5-8(10)6-9(7)14(11,12)13/h2-6H,10H2,1H3,(H,11,12,13)/b3-2+. The zero-order valence-corrected chi connectivity index (χ0v) is 8.45. The van der Waals surface area contributed by atoms with E-state index in [0.717, 1.165) is 0 Å². The molecule has 0 unspecified atom stereocenters. The van der Waals surface area contributed by atoms with Crippen LogP contribution < -0.4 is 5.73 Å². The molecule has 0 atom stereocenters. The zero-order valence-electron chi connectivity index (χ0n) is 7.64. The maximum atomic E-state index is 10.9. The molecule has 0 radical (unpaired) electrons. The molecule has 1 aromatic rings. The monoisotopic (exact) mass is 213 g/mol. The summed E-state index contributed by atoms with van der Waals surface area (Å²) in [5.74, 6) is 0. The Morgan fingerprint density at radius 2 is 2.07 bits per heavy atom. The fourth-order valence-electron chi connectivity index (χ4n) is 1.09. The van der Waals surface area contributed by atoms with Crippen LogP contribution in [0.15, 0.2) is 29.2 Å². The van der Waals surface area contributed by atoms with Crippen molar-refractivity contribution in [2.24, 2.45) is 0 Å². The smallest absolute Gasteiger partial charge is 0.295 e. The summed E-state index contributed by atoms with van der Waals surface area (Å²) < 4.78 is 30.8. The van der Waals surface area contributed by atoms with Gasteiger partial charge >= 0.3 is 0 Å². The number of rotatable bonds is 2. The largest absolute Gasteiger partial charge is 0.399 e. The first kappa shape index (κ1) is 10.7. The lowest BCUT2D eigenvalue weighted by molar-refractivity contribution is 0.483. The van der Waals surface area contributed by atoms with E-state index in [-0.39, 0.29) is 4.90 Å². The van der Waals surface area contributed by atoms with Crippen LogP contribution in [0.2, 0.25) is 0 Å². The minimum atomic E-state index is -4.21. The normalized spacial score (nSPS) is 12.1. The predicted molar refractivity (Wildman–Crippen MR) is 55.4 cm³/mol. The molecule has 0 spiro atoms. The van der Waals surface area contributed by atoms with Gasteiger partial charge in [0.25, 0.3) is 10.1 Å². The van der Waals surface area contributed by atoms with Crippen molar-refractivity contribution in [1.29, 1.82) is 0 Å². The van der Waals surface area contributed by atoms with Gasteiger partial charge in [-0.2, -0.15) is 8.42 Å². The van der Waals surface area contributed by atoms with E-state index in [1.165, 1.54) is 6.07 Å². The summed E-state index contributed by atoms with van der Waals surface area (Å²) in [6.07, 6.45) is 3.27. The third-order valence-corrected chi connectivity index (χ3v) is 2.57. The van der Waals surface area contributed by atoms with Crippen LogP contribution in [0.1, 0.15) is 12.5 Å². The molecule has 3 N–H and O–H groups in total. The van der Waals surface area contributed by atoms with Gasteiger partial charge in [-0.1, -0.05) is 18.2 Å². The van der Waals surface area contributed by atoms with E-state index in [1.807, 2.05) is 0 Å². The van der Waals surface area contributed by atoms with E-state index in [0.29, 0.717) is 11.3 Å². The molecule has 0 aromatic heterocycles. The summed E-state index contributed by atoms with van der Waals surface area (Å²) in [7, 11) is -4.21. The third kappa shape index (κ3) is 2.34. The van der Waals surface area contributed by atoms with Gasteiger partial charge in [-0.15, -0.1) is 0 Å². The SMILES string of the molecule is C/C=C/c1ccc(N)cc1S(=O)(=O)O. The maximum Gasteiger partial charge on any atom is 0.295 e. The van der Waals surface area contributed by atoms with Gasteiger partial charge in [-0.25, -0.2) is 0 Å². The van der Waals surface area contributed by atoms with Crippen LogP contribution in [0.5, 0.6) is 0 Å². The first-order valence-electron chi connectivity index (χ1n) is 3.95. The van der Waals surface area contributed by atoms with Crippen molar-refractivity contribution in [2.45, 2.75) is 11.8 Å². The number of hydrogen-bond donors (Lipinski definition) is 2. The molecular formula is C9H11NO3S. The Bertz CT molecular complexity index is 463. The summed E-state index contributed by atoms with van der Waals surface area (Å²) in [5.41, 5.74) is 6.14. The van der Waals surface area contributed by atoms with E-state index in [4.69, 9.17) is 10.3 Å². The van der Waals surface area contributed by atoms with E-state index in [9.17, 15) is 8.42 Å². The average molecular weight is 213 g/mol. The molecule has 0 aliphatic rings. The molecule has 0 saturated heterocycles. The van der Waals surface area contributed by atoms with Gasteiger partial charge in [0, 0.05) is 5.69 Å². The Morgan fingerprint density at radius 1 is 1.43 bits per heavy atom. The summed E-state index contributed by atoms with van der Waals surface area (Å²) in [6, 6.07) is 4.34. The molecule has 5 heteroatoms. The minimum absolute atomic E-state index is 0.171. The molecule has 76 valence electrons. The van der Waals surface area contributed by atoms with Crippen LogP contribution in [0.3, 0.4) is 0 Å². The van der Waals surface area contributed by atoms with Crippen LogP contribution >= 0.6 is 0 Å². The number of anilines is 1. The maximum absolute atomic E-state index is 10.9. The summed E-state index contributed by atoms with van der Waals surface area (Å²) in [5, 5.41) is 0. The highest BCUT2D eigenvalue weighted by atomic mass is 32.2. The Labute approximate surface area is 82.8 Å². The molecule has 0 heterocycles. The van der Waals surface area contributed by atoms with Crippen molar-refractivity contribution in [3.05, 3.63) is 29.8 Å². The Morgan fingerprint density at radius 3 is 2.57 bits per heavy atom.